The third kappa shape index (κ3) is 4.22. The van der Waals surface area contributed by atoms with Gasteiger partial charge in [0.15, 0.2) is 0 Å². The zero-order valence-corrected chi connectivity index (χ0v) is 12.2. The maximum atomic E-state index is 5.20. The van der Waals surface area contributed by atoms with E-state index in [0.717, 1.165) is 19.0 Å². The first-order valence-electron chi connectivity index (χ1n) is 7.37. The van der Waals surface area contributed by atoms with Gasteiger partial charge in [0.1, 0.15) is 0 Å². The molecule has 1 heterocycles. The number of ether oxygens (including phenoxy) is 1. The molecule has 2 rings (SSSR count). The maximum absolute atomic E-state index is 5.20. The fourth-order valence-corrected chi connectivity index (χ4v) is 2.73. The van der Waals surface area contributed by atoms with Crippen LogP contribution in [0.1, 0.15) is 25.3 Å². The van der Waals surface area contributed by atoms with Gasteiger partial charge in [-0.2, -0.15) is 0 Å². The highest BCUT2D eigenvalue weighted by Crippen LogP contribution is 2.24. The fraction of sp³-hybridized carbons (Fsp3) is 0.625. The van der Waals surface area contributed by atoms with E-state index in [2.05, 4.69) is 41.4 Å². The van der Waals surface area contributed by atoms with Crippen molar-refractivity contribution in [2.75, 3.05) is 38.2 Å². The monoisotopic (exact) mass is 262 g/mol. The summed E-state index contributed by atoms with van der Waals surface area (Å²) in [5, 5.41) is 3.53. The molecule has 1 unspecified atom stereocenters. The molecule has 3 nitrogen and oxygen atoms in total. The molecule has 3 heteroatoms. The molecule has 1 fully saturated rings. The van der Waals surface area contributed by atoms with Crippen molar-refractivity contribution >= 4 is 5.69 Å². The lowest BCUT2D eigenvalue weighted by atomic mass is 10.1. The quantitative estimate of drug-likeness (QED) is 0.765. The predicted molar refractivity (Wildman–Crippen MR) is 80.6 cm³/mol. The molecule has 1 aromatic carbocycles. The average Bonchev–Trinajstić information content (AvgIpc) is 2.89. The summed E-state index contributed by atoms with van der Waals surface area (Å²) in [4.78, 5) is 2.50. The first-order valence-corrected chi connectivity index (χ1v) is 7.37. The van der Waals surface area contributed by atoms with Crippen LogP contribution < -0.4 is 10.2 Å². The third-order valence-corrected chi connectivity index (χ3v) is 3.73. The van der Waals surface area contributed by atoms with E-state index < -0.39 is 0 Å². The van der Waals surface area contributed by atoms with Crippen LogP contribution in [0.4, 0.5) is 5.69 Å². The summed E-state index contributed by atoms with van der Waals surface area (Å²) in [6.07, 6.45) is 2.51. The van der Waals surface area contributed by atoms with Gasteiger partial charge in [-0.1, -0.05) is 19.1 Å². The van der Waals surface area contributed by atoms with Gasteiger partial charge in [-0.3, -0.25) is 0 Å². The predicted octanol–water partition coefficient (Wildman–Crippen LogP) is 2.66. The van der Waals surface area contributed by atoms with E-state index in [-0.39, 0.29) is 0 Å². The smallest absolute Gasteiger partial charge is 0.0713 e. The molecule has 0 aliphatic carbocycles. The van der Waals surface area contributed by atoms with Crippen molar-refractivity contribution in [2.24, 2.45) is 5.92 Å². The van der Waals surface area contributed by atoms with E-state index in [0.29, 0.717) is 6.61 Å². The largest absolute Gasteiger partial charge is 0.380 e. The number of nitrogens with one attached hydrogen (secondary N) is 1. The van der Waals surface area contributed by atoms with Crippen LogP contribution in [-0.2, 0) is 11.3 Å². The number of rotatable bonds is 7. The van der Waals surface area contributed by atoms with Gasteiger partial charge in [-0.25, -0.2) is 0 Å². The van der Waals surface area contributed by atoms with Crippen LogP contribution in [0.3, 0.4) is 0 Å². The Labute approximate surface area is 116 Å². The Bertz CT molecular complexity index is 381. The van der Waals surface area contributed by atoms with Crippen molar-refractivity contribution in [2.45, 2.75) is 26.4 Å². The Morgan fingerprint density at radius 2 is 2.32 bits per heavy atom. The molecule has 19 heavy (non-hydrogen) atoms. The SMILES string of the molecule is CCCNCC1CCN(c2cccc(COC)c2)C1. The van der Waals surface area contributed by atoms with Crippen molar-refractivity contribution in [3.05, 3.63) is 29.8 Å². The molecule has 0 radical (unpaired) electrons. The summed E-state index contributed by atoms with van der Waals surface area (Å²) >= 11 is 0. The third-order valence-electron chi connectivity index (χ3n) is 3.73. The van der Waals surface area contributed by atoms with E-state index >= 15 is 0 Å². The second-order valence-corrected chi connectivity index (χ2v) is 5.41. The Morgan fingerprint density at radius 3 is 3.11 bits per heavy atom. The molecule has 0 saturated carbocycles. The van der Waals surface area contributed by atoms with E-state index in [1.165, 1.54) is 37.2 Å². The topological polar surface area (TPSA) is 24.5 Å². The minimum Gasteiger partial charge on any atom is -0.380 e. The Morgan fingerprint density at radius 1 is 1.42 bits per heavy atom. The number of nitrogens with zero attached hydrogens (tertiary/aromatic N) is 1. The molecule has 106 valence electrons. The summed E-state index contributed by atoms with van der Waals surface area (Å²) in [6, 6.07) is 8.72. The van der Waals surface area contributed by atoms with Gasteiger partial charge in [-0.05, 0) is 49.5 Å². The molecule has 0 amide bonds. The molecule has 1 saturated heterocycles. The van der Waals surface area contributed by atoms with E-state index in [9.17, 15) is 0 Å². The summed E-state index contributed by atoms with van der Waals surface area (Å²) < 4.78 is 5.20. The lowest BCUT2D eigenvalue weighted by Crippen LogP contribution is -2.26. The fourth-order valence-electron chi connectivity index (χ4n) is 2.73. The molecule has 1 aliphatic rings. The second kappa shape index (κ2) is 7.51. The minimum absolute atomic E-state index is 0.698. The summed E-state index contributed by atoms with van der Waals surface area (Å²) in [7, 11) is 1.75. The summed E-state index contributed by atoms with van der Waals surface area (Å²) in [5.74, 6) is 0.789. The van der Waals surface area contributed by atoms with Gasteiger partial charge in [0, 0.05) is 25.9 Å². The van der Waals surface area contributed by atoms with Crippen LogP contribution in [0.25, 0.3) is 0 Å². The van der Waals surface area contributed by atoms with E-state index in [1.54, 1.807) is 7.11 Å². The molecule has 0 spiro atoms. The van der Waals surface area contributed by atoms with Crippen LogP contribution in [0.5, 0.6) is 0 Å². The van der Waals surface area contributed by atoms with Gasteiger partial charge in [0.2, 0.25) is 0 Å². The lowest BCUT2D eigenvalue weighted by molar-refractivity contribution is 0.185. The van der Waals surface area contributed by atoms with E-state index in [1.807, 2.05) is 0 Å². The van der Waals surface area contributed by atoms with Crippen LogP contribution in [-0.4, -0.2) is 33.3 Å². The lowest BCUT2D eigenvalue weighted by Gasteiger charge is -2.19. The zero-order valence-electron chi connectivity index (χ0n) is 12.2. The standard InChI is InChI=1S/C16H26N2O/c1-3-8-17-11-15-7-9-18(12-15)16-6-4-5-14(10-16)13-19-2/h4-6,10,15,17H,3,7-9,11-13H2,1-2H3. The number of hydrogen-bond donors (Lipinski definition) is 1. The highest BCUT2D eigenvalue weighted by molar-refractivity contribution is 5.49. The first-order chi connectivity index (χ1) is 9.33. The summed E-state index contributed by atoms with van der Waals surface area (Å²) in [6.45, 7) is 7.56. The van der Waals surface area contributed by atoms with Gasteiger partial charge < -0.3 is 15.0 Å². The molecule has 1 atom stereocenters. The minimum atomic E-state index is 0.698. The van der Waals surface area contributed by atoms with Crippen LogP contribution >= 0.6 is 0 Å². The summed E-state index contributed by atoms with van der Waals surface area (Å²) in [5.41, 5.74) is 2.60. The van der Waals surface area contributed by atoms with Crippen LogP contribution in [0.2, 0.25) is 0 Å². The maximum Gasteiger partial charge on any atom is 0.0713 e. The van der Waals surface area contributed by atoms with Crippen molar-refractivity contribution in [3.8, 4) is 0 Å². The van der Waals surface area contributed by atoms with Crippen LogP contribution in [0.15, 0.2) is 24.3 Å². The normalized spacial score (nSPS) is 19.1. The molecule has 0 aromatic heterocycles. The molecule has 0 bridgehead atoms. The Kier molecular flexibility index (Phi) is 5.67. The van der Waals surface area contributed by atoms with Gasteiger partial charge >= 0.3 is 0 Å². The number of hydrogen-bond acceptors (Lipinski definition) is 3. The van der Waals surface area contributed by atoms with Crippen molar-refractivity contribution < 1.29 is 4.74 Å². The van der Waals surface area contributed by atoms with Gasteiger partial charge in [-0.15, -0.1) is 0 Å². The van der Waals surface area contributed by atoms with Crippen molar-refractivity contribution in [1.82, 2.24) is 5.32 Å². The number of benzene rings is 1. The highest BCUT2D eigenvalue weighted by Gasteiger charge is 2.22. The zero-order chi connectivity index (χ0) is 13.5. The van der Waals surface area contributed by atoms with E-state index in [4.69, 9.17) is 4.74 Å². The van der Waals surface area contributed by atoms with Crippen LogP contribution in [0, 0.1) is 5.92 Å². The molecule has 1 aliphatic heterocycles. The average molecular weight is 262 g/mol. The highest BCUT2D eigenvalue weighted by atomic mass is 16.5. The number of anilines is 1. The first kappa shape index (κ1) is 14.4. The molecular weight excluding hydrogens is 236 g/mol. The van der Waals surface area contributed by atoms with Crippen molar-refractivity contribution in [3.63, 3.8) is 0 Å². The molecule has 1 aromatic rings. The molecular formula is C16H26N2O. The van der Waals surface area contributed by atoms with Gasteiger partial charge in [0.05, 0.1) is 6.61 Å². The van der Waals surface area contributed by atoms with Crippen molar-refractivity contribution in [1.29, 1.82) is 0 Å². The Balaban J connectivity index is 1.87. The van der Waals surface area contributed by atoms with Gasteiger partial charge in [0.25, 0.3) is 0 Å². The second-order valence-electron chi connectivity index (χ2n) is 5.41. The molecule has 1 N–H and O–H groups in total. The number of methoxy groups -OCH3 is 1. The Hall–Kier alpha value is -1.06.